The monoisotopic (exact) mass is 620 g/mol. The van der Waals surface area contributed by atoms with Gasteiger partial charge in [-0.2, -0.15) is 0 Å². The van der Waals surface area contributed by atoms with Gasteiger partial charge in [-0.05, 0) is 57.8 Å². The second-order valence-corrected chi connectivity index (χ2v) is 12.3. The Morgan fingerprint density at radius 3 is 2.27 bits per heavy atom. The number of aliphatic imine (C=N–C) groups is 2. The highest BCUT2D eigenvalue weighted by Gasteiger charge is 2.29. The lowest BCUT2D eigenvalue weighted by Crippen LogP contribution is -2.34. The summed E-state index contributed by atoms with van der Waals surface area (Å²) in [6.45, 7) is 0.606. The normalized spacial score (nSPS) is 15.9. The Hall–Kier alpha value is -6.40. The van der Waals surface area contributed by atoms with Gasteiger partial charge < -0.3 is 19.5 Å². The van der Waals surface area contributed by atoms with Gasteiger partial charge in [-0.3, -0.25) is 0 Å². The van der Waals surface area contributed by atoms with Crippen molar-refractivity contribution in [3.05, 3.63) is 162 Å². The van der Waals surface area contributed by atoms with Crippen LogP contribution in [0.3, 0.4) is 0 Å². The molecular weight excluding hydrogens is 592 g/mol. The van der Waals surface area contributed by atoms with E-state index in [2.05, 4.69) is 89.5 Å². The van der Waals surface area contributed by atoms with E-state index in [1.807, 2.05) is 60.8 Å². The molecule has 2 aliphatic rings. The van der Waals surface area contributed by atoms with Gasteiger partial charge in [0, 0.05) is 39.1 Å². The zero-order chi connectivity index (χ0) is 31.6. The van der Waals surface area contributed by atoms with Crippen LogP contribution in [0.2, 0.25) is 0 Å². The van der Waals surface area contributed by atoms with Gasteiger partial charge in [0.1, 0.15) is 34.5 Å². The van der Waals surface area contributed by atoms with Crippen LogP contribution in [0.5, 0.6) is 0 Å². The van der Waals surface area contributed by atoms with Gasteiger partial charge >= 0.3 is 0 Å². The van der Waals surface area contributed by atoms with Crippen LogP contribution in [0.1, 0.15) is 28.6 Å². The summed E-state index contributed by atoms with van der Waals surface area (Å²) < 4.78 is 12.6. The first-order valence-electron chi connectivity index (χ1n) is 16.1. The Morgan fingerprint density at radius 2 is 1.38 bits per heavy atom. The van der Waals surface area contributed by atoms with E-state index in [0.29, 0.717) is 12.4 Å². The second kappa shape index (κ2) is 10.6. The third-order valence-corrected chi connectivity index (χ3v) is 9.37. The average molecular weight is 621 g/mol. The van der Waals surface area contributed by atoms with Crippen molar-refractivity contribution < 1.29 is 8.83 Å². The molecule has 4 heterocycles. The first-order valence-corrected chi connectivity index (χ1v) is 16.1. The standard InChI is InChI=1S/C42H28N4O2/c1-2-9-25(10-3-1)26-17-18-28-22-29(20-19-27(28)21-26)40-44-41(32-13-8-16-36-38(32)30-11-4-6-14-34(30)47-36)46-42(45-40)33-23-43-24-37-39(33)31-12-5-7-15-35(31)48-37/h1-23,40,43H,24H2,(H,44,45,46). The highest BCUT2D eigenvalue weighted by Crippen LogP contribution is 2.38. The third-order valence-electron chi connectivity index (χ3n) is 9.37. The van der Waals surface area contributed by atoms with E-state index < -0.39 is 0 Å². The minimum atomic E-state index is -0.386. The molecule has 6 heteroatoms. The summed E-state index contributed by atoms with van der Waals surface area (Å²) >= 11 is 0. The van der Waals surface area contributed by atoms with Crippen LogP contribution >= 0.6 is 0 Å². The van der Waals surface area contributed by atoms with Crippen LogP contribution in [0.15, 0.2) is 158 Å². The molecule has 6 nitrogen and oxygen atoms in total. The highest BCUT2D eigenvalue weighted by atomic mass is 16.3. The Balaban J connectivity index is 1.14. The van der Waals surface area contributed by atoms with Crippen molar-refractivity contribution in [2.45, 2.75) is 12.7 Å². The molecule has 0 amide bonds. The van der Waals surface area contributed by atoms with Crippen LogP contribution in [0.4, 0.5) is 0 Å². The second-order valence-electron chi connectivity index (χ2n) is 12.3. The molecule has 2 aliphatic heterocycles. The van der Waals surface area contributed by atoms with Crippen molar-refractivity contribution in [3.63, 3.8) is 0 Å². The van der Waals surface area contributed by atoms with E-state index >= 15 is 0 Å². The first-order chi connectivity index (χ1) is 23.8. The Bertz CT molecular complexity index is 2660. The Kier molecular flexibility index (Phi) is 5.90. The molecule has 2 N–H and O–H groups in total. The van der Waals surface area contributed by atoms with E-state index in [1.165, 1.54) is 16.5 Å². The summed E-state index contributed by atoms with van der Waals surface area (Å²) in [5.41, 5.74) is 8.87. The molecule has 1 unspecified atom stereocenters. The third kappa shape index (κ3) is 4.27. The maximum atomic E-state index is 6.28. The molecule has 10 rings (SSSR count). The molecule has 6 aromatic carbocycles. The van der Waals surface area contributed by atoms with Gasteiger partial charge in [-0.25, -0.2) is 9.98 Å². The van der Waals surface area contributed by atoms with E-state index in [0.717, 1.165) is 72.2 Å². The molecular formula is C42H28N4O2. The average Bonchev–Trinajstić information content (AvgIpc) is 3.73. The molecule has 0 spiro atoms. The van der Waals surface area contributed by atoms with Crippen molar-refractivity contribution in [2.75, 3.05) is 0 Å². The van der Waals surface area contributed by atoms with E-state index in [9.17, 15) is 0 Å². The van der Waals surface area contributed by atoms with Crippen molar-refractivity contribution in [1.82, 2.24) is 10.6 Å². The number of nitrogens with one attached hydrogen (secondary N) is 2. The summed E-state index contributed by atoms with van der Waals surface area (Å²) in [5.74, 6) is 2.26. The number of fused-ring (bicyclic) bond motifs is 7. The molecule has 0 saturated carbocycles. The van der Waals surface area contributed by atoms with Crippen LogP contribution < -0.4 is 10.6 Å². The fourth-order valence-electron chi connectivity index (χ4n) is 7.10. The molecule has 2 aromatic heterocycles. The lowest BCUT2D eigenvalue weighted by atomic mass is 9.97. The van der Waals surface area contributed by atoms with E-state index in [4.69, 9.17) is 18.8 Å². The van der Waals surface area contributed by atoms with Crippen molar-refractivity contribution >= 4 is 60.9 Å². The first kappa shape index (κ1) is 26.8. The number of amidine groups is 2. The maximum Gasteiger partial charge on any atom is 0.161 e. The molecule has 0 aliphatic carbocycles. The molecule has 0 bridgehead atoms. The van der Waals surface area contributed by atoms with Gasteiger partial charge in [0.2, 0.25) is 0 Å². The van der Waals surface area contributed by atoms with Crippen LogP contribution in [-0.2, 0) is 6.54 Å². The fraction of sp³-hybridized carbons (Fsp3) is 0.0476. The summed E-state index contributed by atoms with van der Waals surface area (Å²) in [6.07, 6.45) is 1.63. The highest BCUT2D eigenvalue weighted by molar-refractivity contribution is 6.31. The lowest BCUT2D eigenvalue weighted by Gasteiger charge is -2.26. The molecule has 0 radical (unpaired) electrons. The summed E-state index contributed by atoms with van der Waals surface area (Å²) in [4.78, 5) is 10.5. The van der Waals surface area contributed by atoms with Crippen LogP contribution in [0, 0.1) is 0 Å². The smallest absolute Gasteiger partial charge is 0.161 e. The van der Waals surface area contributed by atoms with E-state index in [1.54, 1.807) is 0 Å². The van der Waals surface area contributed by atoms with Crippen LogP contribution in [0.25, 0.3) is 60.4 Å². The summed E-state index contributed by atoms with van der Waals surface area (Å²) in [7, 11) is 0. The molecule has 228 valence electrons. The molecule has 1 atom stereocenters. The largest absolute Gasteiger partial charge is 0.459 e. The zero-order valence-electron chi connectivity index (χ0n) is 25.8. The molecule has 0 fully saturated rings. The van der Waals surface area contributed by atoms with Gasteiger partial charge in [0.15, 0.2) is 5.84 Å². The molecule has 8 aromatic rings. The minimum Gasteiger partial charge on any atom is -0.459 e. The summed E-state index contributed by atoms with van der Waals surface area (Å²) in [6, 6.07) is 46.1. The van der Waals surface area contributed by atoms with Gasteiger partial charge in [0.05, 0.1) is 6.54 Å². The number of furan rings is 2. The Morgan fingerprint density at radius 1 is 0.625 bits per heavy atom. The van der Waals surface area contributed by atoms with Gasteiger partial charge in [-0.1, -0.05) is 103 Å². The fourth-order valence-corrected chi connectivity index (χ4v) is 7.10. The number of nitrogens with zero attached hydrogens (tertiary/aromatic N) is 2. The number of hydrogen-bond acceptors (Lipinski definition) is 6. The van der Waals surface area contributed by atoms with Crippen molar-refractivity contribution in [1.29, 1.82) is 0 Å². The van der Waals surface area contributed by atoms with Gasteiger partial charge in [0.25, 0.3) is 0 Å². The topological polar surface area (TPSA) is 75.1 Å². The molecule has 48 heavy (non-hydrogen) atoms. The summed E-state index contributed by atoms with van der Waals surface area (Å²) in [5, 5.41) is 12.6. The van der Waals surface area contributed by atoms with Crippen LogP contribution in [-0.4, -0.2) is 11.7 Å². The van der Waals surface area contributed by atoms with Gasteiger partial charge in [-0.15, -0.1) is 0 Å². The SMILES string of the molecule is C1=C(C2=NC(c3ccc4cc(-c5ccccc5)ccc4c3)NC(c3cccc4oc5ccccc5c34)=N2)c2c(oc3ccccc23)CN1. The van der Waals surface area contributed by atoms with E-state index in [-0.39, 0.29) is 6.17 Å². The minimum absolute atomic E-state index is 0.386. The zero-order valence-corrected chi connectivity index (χ0v) is 25.8. The Labute approximate surface area is 275 Å². The predicted octanol–water partition coefficient (Wildman–Crippen LogP) is 9.74. The number of benzene rings is 6. The number of para-hydroxylation sites is 2. The molecule has 0 saturated heterocycles. The lowest BCUT2D eigenvalue weighted by molar-refractivity contribution is 0.532. The quantitative estimate of drug-likeness (QED) is 0.205. The van der Waals surface area contributed by atoms with Crippen molar-refractivity contribution in [3.8, 4) is 11.1 Å². The maximum absolute atomic E-state index is 6.28. The number of rotatable bonds is 4. The van der Waals surface area contributed by atoms with Crippen molar-refractivity contribution in [2.24, 2.45) is 9.98 Å². The number of hydrogen-bond donors (Lipinski definition) is 2. The predicted molar refractivity (Wildman–Crippen MR) is 194 cm³/mol.